The van der Waals surface area contributed by atoms with Crippen LogP contribution in [0.1, 0.15) is 6.92 Å². The molecule has 5 heteroatoms. The van der Waals surface area contributed by atoms with Crippen molar-refractivity contribution >= 4 is 0 Å². The molecule has 5 nitrogen and oxygen atoms in total. The number of aliphatic hydroxyl groups is 4. The number of rotatable bonds is 0. The van der Waals surface area contributed by atoms with E-state index in [0.29, 0.717) is 0 Å². The minimum atomic E-state index is -2.56. The van der Waals surface area contributed by atoms with Crippen molar-refractivity contribution in [3.8, 4) is 0 Å². The average molecular weight is 150 g/mol. The molecule has 0 spiro atoms. The van der Waals surface area contributed by atoms with E-state index in [1.165, 1.54) is 0 Å². The first-order chi connectivity index (χ1) is 4.38. The van der Waals surface area contributed by atoms with Crippen LogP contribution in [-0.2, 0) is 4.74 Å². The molecule has 4 N–H and O–H groups in total. The molecule has 1 aliphatic rings. The minimum absolute atomic E-state index is 0.278. The molecule has 0 saturated carbocycles. The molecule has 2 unspecified atom stereocenters. The van der Waals surface area contributed by atoms with Crippen LogP contribution >= 0.6 is 0 Å². The monoisotopic (exact) mass is 150 g/mol. The van der Waals surface area contributed by atoms with Crippen molar-refractivity contribution in [3.05, 3.63) is 0 Å². The Bertz CT molecular complexity index is 141. The summed E-state index contributed by atoms with van der Waals surface area (Å²) in [5.41, 5.74) is 0. The lowest BCUT2D eigenvalue weighted by Crippen LogP contribution is -2.54. The number of hydrogen-bond acceptors (Lipinski definition) is 5. The zero-order valence-electron chi connectivity index (χ0n) is 5.48. The minimum Gasteiger partial charge on any atom is -0.385 e. The second-order valence-corrected chi connectivity index (χ2v) is 2.54. The highest BCUT2D eigenvalue weighted by molar-refractivity contribution is 4.92. The maximum absolute atomic E-state index is 9.01. The first-order valence-corrected chi connectivity index (χ1v) is 2.87. The van der Waals surface area contributed by atoms with E-state index in [2.05, 4.69) is 4.74 Å². The van der Waals surface area contributed by atoms with Gasteiger partial charge < -0.3 is 25.2 Å². The lowest BCUT2D eigenvalue weighted by atomic mass is 10.1. The molecule has 1 aliphatic heterocycles. The van der Waals surface area contributed by atoms with Gasteiger partial charge in [0.15, 0.2) is 0 Å². The molecule has 0 radical (unpaired) electrons. The Labute approximate surface area is 57.5 Å². The maximum atomic E-state index is 9.01. The molecule has 0 aromatic carbocycles. The molecule has 0 aromatic heterocycles. The Hall–Kier alpha value is -0.200. The van der Waals surface area contributed by atoms with Crippen LogP contribution in [-0.4, -0.2) is 44.7 Å². The number of ether oxygens (including phenoxy) is 1. The van der Waals surface area contributed by atoms with E-state index in [1.54, 1.807) is 0 Å². The summed E-state index contributed by atoms with van der Waals surface area (Å²) >= 11 is 0. The summed E-state index contributed by atoms with van der Waals surface area (Å²) in [5, 5.41) is 35.7. The smallest absolute Gasteiger partial charge is 0.247 e. The van der Waals surface area contributed by atoms with E-state index in [1.807, 2.05) is 0 Å². The summed E-state index contributed by atoms with van der Waals surface area (Å²) in [4.78, 5) is 0. The second kappa shape index (κ2) is 1.90. The van der Waals surface area contributed by atoms with Crippen LogP contribution in [0.3, 0.4) is 0 Å². The van der Waals surface area contributed by atoms with Crippen LogP contribution in [0.5, 0.6) is 0 Å². The summed E-state index contributed by atoms with van der Waals surface area (Å²) < 4.78 is 4.47. The van der Waals surface area contributed by atoms with Crippen LogP contribution in [0, 0.1) is 0 Å². The third-order valence-corrected chi connectivity index (χ3v) is 1.67. The first kappa shape index (κ1) is 7.90. The topological polar surface area (TPSA) is 90.2 Å². The van der Waals surface area contributed by atoms with Crippen molar-refractivity contribution in [1.29, 1.82) is 0 Å². The summed E-state index contributed by atoms with van der Waals surface area (Å²) in [7, 11) is 0. The summed E-state index contributed by atoms with van der Waals surface area (Å²) in [6, 6.07) is 0. The van der Waals surface area contributed by atoms with Crippen LogP contribution in [0.15, 0.2) is 0 Å². The van der Waals surface area contributed by atoms with Crippen molar-refractivity contribution in [3.63, 3.8) is 0 Å². The predicted molar refractivity (Wildman–Crippen MR) is 29.8 cm³/mol. The molecular formula is C5H10O5. The van der Waals surface area contributed by atoms with E-state index in [-0.39, 0.29) is 6.61 Å². The van der Waals surface area contributed by atoms with Gasteiger partial charge in [0.25, 0.3) is 0 Å². The van der Waals surface area contributed by atoms with Crippen LogP contribution < -0.4 is 0 Å². The Morgan fingerprint density at radius 2 is 1.90 bits per heavy atom. The van der Waals surface area contributed by atoms with E-state index >= 15 is 0 Å². The Kier molecular flexibility index (Phi) is 1.50. The summed E-state index contributed by atoms with van der Waals surface area (Å²) in [5.74, 6) is -4.64. The zero-order chi connectivity index (χ0) is 7.99. The highest BCUT2D eigenvalue weighted by Gasteiger charge is 2.57. The molecule has 2 atom stereocenters. The fourth-order valence-corrected chi connectivity index (χ4v) is 0.773. The van der Waals surface area contributed by atoms with Crippen molar-refractivity contribution in [2.45, 2.75) is 24.6 Å². The number of hydrogen-bond donors (Lipinski definition) is 4. The van der Waals surface area contributed by atoms with Gasteiger partial charge in [-0.05, 0) is 6.92 Å². The second-order valence-electron chi connectivity index (χ2n) is 2.54. The Balaban J connectivity index is 2.84. The van der Waals surface area contributed by atoms with E-state index in [9.17, 15) is 0 Å². The zero-order valence-corrected chi connectivity index (χ0v) is 5.48. The molecule has 1 rings (SSSR count). The SMILES string of the molecule is CC1(O)OCC(O)C1(O)O. The summed E-state index contributed by atoms with van der Waals surface area (Å²) in [6.45, 7) is 0.795. The van der Waals surface area contributed by atoms with Gasteiger partial charge in [0, 0.05) is 0 Å². The fraction of sp³-hybridized carbons (Fsp3) is 1.00. The molecule has 1 heterocycles. The molecule has 60 valence electrons. The molecule has 0 aliphatic carbocycles. The molecule has 1 saturated heterocycles. The lowest BCUT2D eigenvalue weighted by molar-refractivity contribution is -0.335. The fourth-order valence-electron chi connectivity index (χ4n) is 0.773. The predicted octanol–water partition coefficient (Wildman–Crippen LogP) is -2.23. The van der Waals surface area contributed by atoms with Gasteiger partial charge in [0.1, 0.15) is 6.10 Å². The van der Waals surface area contributed by atoms with Gasteiger partial charge in [-0.25, -0.2) is 0 Å². The Morgan fingerprint density at radius 1 is 1.40 bits per heavy atom. The van der Waals surface area contributed by atoms with Crippen LogP contribution in [0.25, 0.3) is 0 Å². The molecule has 0 bridgehead atoms. The van der Waals surface area contributed by atoms with Gasteiger partial charge in [-0.3, -0.25) is 0 Å². The van der Waals surface area contributed by atoms with Crippen molar-refractivity contribution in [2.24, 2.45) is 0 Å². The first-order valence-electron chi connectivity index (χ1n) is 2.87. The van der Waals surface area contributed by atoms with E-state index < -0.39 is 17.7 Å². The molecule has 0 aromatic rings. The summed E-state index contributed by atoms with van der Waals surface area (Å²) in [6.07, 6.45) is -1.46. The molecule has 1 fully saturated rings. The van der Waals surface area contributed by atoms with Gasteiger partial charge in [-0.1, -0.05) is 0 Å². The number of aliphatic hydroxyl groups excluding tert-OH is 1. The third kappa shape index (κ3) is 0.834. The third-order valence-electron chi connectivity index (χ3n) is 1.67. The van der Waals surface area contributed by atoms with Gasteiger partial charge in [-0.2, -0.15) is 0 Å². The van der Waals surface area contributed by atoms with Gasteiger partial charge in [0.2, 0.25) is 11.6 Å². The van der Waals surface area contributed by atoms with Crippen LogP contribution in [0.2, 0.25) is 0 Å². The highest BCUT2D eigenvalue weighted by Crippen LogP contribution is 2.31. The maximum Gasteiger partial charge on any atom is 0.247 e. The molecule has 0 amide bonds. The molecular weight excluding hydrogens is 140 g/mol. The quantitative estimate of drug-likeness (QED) is 0.293. The lowest BCUT2D eigenvalue weighted by Gasteiger charge is -2.28. The van der Waals surface area contributed by atoms with Crippen LogP contribution in [0.4, 0.5) is 0 Å². The van der Waals surface area contributed by atoms with E-state index in [4.69, 9.17) is 20.4 Å². The van der Waals surface area contributed by atoms with Gasteiger partial charge in [0.05, 0.1) is 6.61 Å². The van der Waals surface area contributed by atoms with Gasteiger partial charge >= 0.3 is 0 Å². The average Bonchev–Trinajstić information content (AvgIpc) is 1.94. The van der Waals surface area contributed by atoms with Crippen molar-refractivity contribution < 1.29 is 25.2 Å². The molecule has 10 heavy (non-hydrogen) atoms. The van der Waals surface area contributed by atoms with Crippen molar-refractivity contribution in [1.82, 2.24) is 0 Å². The largest absolute Gasteiger partial charge is 0.385 e. The van der Waals surface area contributed by atoms with Crippen molar-refractivity contribution in [2.75, 3.05) is 6.61 Å². The normalized spacial score (nSPS) is 45.9. The van der Waals surface area contributed by atoms with E-state index in [0.717, 1.165) is 6.92 Å². The van der Waals surface area contributed by atoms with Gasteiger partial charge in [-0.15, -0.1) is 0 Å². The highest BCUT2D eigenvalue weighted by atomic mass is 16.7. The standard InChI is InChI=1S/C5H10O5/c1-4(7)5(8,9)3(6)2-10-4/h3,6-9H,2H2,1H3. The Morgan fingerprint density at radius 3 is 2.00 bits per heavy atom.